The highest BCUT2D eigenvalue weighted by molar-refractivity contribution is 5.88. The Hall–Kier alpha value is -4.26. The predicted octanol–water partition coefficient (Wildman–Crippen LogP) is 4.44. The Labute approximate surface area is 178 Å². The van der Waals surface area contributed by atoms with E-state index in [1.807, 2.05) is 54.7 Å². The van der Waals surface area contributed by atoms with Crippen molar-refractivity contribution in [3.05, 3.63) is 84.9 Å². The quantitative estimate of drug-likeness (QED) is 0.384. The molecule has 31 heavy (non-hydrogen) atoms. The first-order valence-corrected chi connectivity index (χ1v) is 10.0. The zero-order chi connectivity index (χ0) is 21.0. The number of aromatic hydroxyl groups is 1. The summed E-state index contributed by atoms with van der Waals surface area (Å²) in [7, 11) is 0. The minimum atomic E-state index is 0.258. The lowest BCUT2D eigenvalue weighted by atomic mass is 10.1. The van der Waals surface area contributed by atoms with Crippen LogP contribution >= 0.6 is 0 Å². The lowest BCUT2D eigenvalue weighted by molar-refractivity contribution is 0.480. The van der Waals surface area contributed by atoms with Gasteiger partial charge >= 0.3 is 0 Å². The molecule has 0 aliphatic carbocycles. The van der Waals surface area contributed by atoms with E-state index in [1.54, 1.807) is 24.7 Å². The topological polar surface area (TPSA) is 99.6 Å². The van der Waals surface area contributed by atoms with Crippen molar-refractivity contribution >= 4 is 16.7 Å². The molecule has 0 spiro atoms. The first-order valence-electron chi connectivity index (χ1n) is 10.0. The van der Waals surface area contributed by atoms with Gasteiger partial charge in [0.25, 0.3) is 0 Å². The van der Waals surface area contributed by atoms with Gasteiger partial charge in [-0.05, 0) is 42.3 Å². The van der Waals surface area contributed by atoms with E-state index in [1.165, 1.54) is 0 Å². The van der Waals surface area contributed by atoms with Crippen LogP contribution < -0.4 is 5.32 Å². The van der Waals surface area contributed by atoms with Gasteiger partial charge in [0.15, 0.2) is 5.82 Å². The highest BCUT2D eigenvalue weighted by atomic mass is 16.3. The smallest absolute Gasteiger partial charge is 0.180 e. The molecule has 152 valence electrons. The van der Waals surface area contributed by atoms with E-state index >= 15 is 0 Å². The molecule has 4 heterocycles. The number of nitrogens with zero attached hydrogens (tertiary/aromatic N) is 4. The molecule has 0 atom stereocenters. The number of benzene rings is 1. The number of phenolic OH excluding ortho intramolecular Hbond substituents is 1. The molecule has 7 heteroatoms. The Morgan fingerprint density at radius 3 is 2.74 bits per heavy atom. The number of anilines is 1. The SMILES string of the molecule is Oc1cccc2c(CCNc3cc(-c4cccnc4)nc(-c4ccccn4)n3)c[nH]c12. The maximum absolute atomic E-state index is 9.99. The molecule has 5 rings (SSSR count). The molecule has 0 radical (unpaired) electrons. The largest absolute Gasteiger partial charge is 0.506 e. The minimum absolute atomic E-state index is 0.258. The fourth-order valence-corrected chi connectivity index (χ4v) is 3.54. The van der Waals surface area contributed by atoms with Crippen LogP contribution in [-0.2, 0) is 6.42 Å². The van der Waals surface area contributed by atoms with Crippen LogP contribution in [0, 0.1) is 0 Å². The average Bonchev–Trinajstić information content (AvgIpc) is 3.24. The lowest BCUT2D eigenvalue weighted by Crippen LogP contribution is -2.08. The standard InChI is InChI=1S/C24H20N6O/c31-21-8-3-6-18-16(15-28-23(18)21)9-12-27-22-13-20(17-5-4-10-25-14-17)29-24(30-22)19-7-1-2-11-26-19/h1-8,10-11,13-15,28,31H,9,12H2,(H,27,29,30). The molecule has 0 fully saturated rings. The van der Waals surface area contributed by atoms with Gasteiger partial charge in [0.05, 0.1) is 11.2 Å². The van der Waals surface area contributed by atoms with Crippen LogP contribution in [0.2, 0.25) is 0 Å². The Kier molecular flexibility index (Phi) is 4.98. The number of para-hydroxylation sites is 1. The maximum atomic E-state index is 9.99. The summed E-state index contributed by atoms with van der Waals surface area (Å²) >= 11 is 0. The Balaban J connectivity index is 1.42. The van der Waals surface area contributed by atoms with Crippen molar-refractivity contribution in [3.8, 4) is 28.5 Å². The molecular weight excluding hydrogens is 388 g/mol. The number of H-pyrrole nitrogens is 1. The summed E-state index contributed by atoms with van der Waals surface area (Å²) in [6.45, 7) is 0.674. The van der Waals surface area contributed by atoms with E-state index in [2.05, 4.69) is 25.3 Å². The molecule has 7 nitrogen and oxygen atoms in total. The second kappa shape index (κ2) is 8.23. The molecule has 3 N–H and O–H groups in total. The Morgan fingerprint density at radius 1 is 0.935 bits per heavy atom. The lowest BCUT2D eigenvalue weighted by Gasteiger charge is -2.10. The van der Waals surface area contributed by atoms with Crippen LogP contribution in [0.25, 0.3) is 33.7 Å². The third-order valence-electron chi connectivity index (χ3n) is 5.06. The third kappa shape index (κ3) is 3.93. The molecule has 0 saturated carbocycles. The fourth-order valence-electron chi connectivity index (χ4n) is 3.54. The van der Waals surface area contributed by atoms with Crippen LogP contribution in [-0.4, -0.2) is 36.6 Å². The number of aromatic amines is 1. The second-order valence-corrected chi connectivity index (χ2v) is 7.11. The van der Waals surface area contributed by atoms with Crippen molar-refractivity contribution in [1.82, 2.24) is 24.9 Å². The third-order valence-corrected chi connectivity index (χ3v) is 5.06. The molecule has 0 saturated heterocycles. The molecule has 0 aliphatic rings. The molecule has 0 bridgehead atoms. The number of rotatable bonds is 6. The number of nitrogens with one attached hydrogen (secondary N) is 2. The molecule has 4 aromatic heterocycles. The zero-order valence-electron chi connectivity index (χ0n) is 16.7. The summed E-state index contributed by atoms with van der Waals surface area (Å²) in [5, 5.41) is 14.4. The van der Waals surface area contributed by atoms with Crippen LogP contribution in [0.1, 0.15) is 5.56 Å². The highest BCUT2D eigenvalue weighted by Crippen LogP contribution is 2.27. The van der Waals surface area contributed by atoms with Crippen LogP contribution in [0.5, 0.6) is 5.75 Å². The van der Waals surface area contributed by atoms with Gasteiger partial charge in [-0.1, -0.05) is 18.2 Å². The molecule has 0 aliphatic heterocycles. The van der Waals surface area contributed by atoms with Gasteiger partial charge in [0.1, 0.15) is 17.3 Å². The van der Waals surface area contributed by atoms with Gasteiger partial charge in [0.2, 0.25) is 0 Å². The minimum Gasteiger partial charge on any atom is -0.506 e. The number of phenols is 1. The summed E-state index contributed by atoms with van der Waals surface area (Å²) in [5.74, 6) is 1.53. The average molecular weight is 408 g/mol. The van der Waals surface area contributed by atoms with Gasteiger partial charge in [0, 0.05) is 48.3 Å². The molecule has 1 aromatic carbocycles. The highest BCUT2D eigenvalue weighted by Gasteiger charge is 2.11. The summed E-state index contributed by atoms with van der Waals surface area (Å²) in [4.78, 5) is 21.1. The van der Waals surface area contributed by atoms with Crippen molar-refractivity contribution in [2.45, 2.75) is 6.42 Å². The van der Waals surface area contributed by atoms with Crippen molar-refractivity contribution < 1.29 is 5.11 Å². The molecule has 0 amide bonds. The van der Waals surface area contributed by atoms with E-state index < -0.39 is 0 Å². The second-order valence-electron chi connectivity index (χ2n) is 7.11. The normalized spacial score (nSPS) is 11.0. The summed E-state index contributed by atoms with van der Waals surface area (Å²) in [6.07, 6.45) is 7.96. The monoisotopic (exact) mass is 408 g/mol. The van der Waals surface area contributed by atoms with Crippen LogP contribution in [0.3, 0.4) is 0 Å². The number of aromatic nitrogens is 5. The van der Waals surface area contributed by atoms with E-state index in [0.717, 1.165) is 40.0 Å². The van der Waals surface area contributed by atoms with Crippen LogP contribution in [0.15, 0.2) is 79.4 Å². The summed E-state index contributed by atoms with van der Waals surface area (Å²) < 4.78 is 0. The van der Waals surface area contributed by atoms with E-state index in [9.17, 15) is 5.11 Å². The van der Waals surface area contributed by atoms with Gasteiger partial charge < -0.3 is 15.4 Å². The Bertz CT molecular complexity index is 1260. The number of hydrogen-bond acceptors (Lipinski definition) is 6. The van der Waals surface area contributed by atoms with E-state index in [0.29, 0.717) is 18.1 Å². The molecule has 5 aromatic rings. The van der Waals surface area contributed by atoms with Gasteiger partial charge in [-0.25, -0.2) is 9.97 Å². The fraction of sp³-hybridized carbons (Fsp3) is 0.0833. The van der Waals surface area contributed by atoms with Crippen molar-refractivity contribution in [2.75, 3.05) is 11.9 Å². The number of hydrogen-bond donors (Lipinski definition) is 3. The van der Waals surface area contributed by atoms with E-state index in [4.69, 9.17) is 4.98 Å². The van der Waals surface area contributed by atoms with E-state index in [-0.39, 0.29) is 5.75 Å². The van der Waals surface area contributed by atoms with Gasteiger partial charge in [-0.15, -0.1) is 0 Å². The number of pyridine rings is 2. The van der Waals surface area contributed by atoms with Crippen molar-refractivity contribution in [2.24, 2.45) is 0 Å². The van der Waals surface area contributed by atoms with Crippen LogP contribution in [0.4, 0.5) is 5.82 Å². The summed E-state index contributed by atoms with van der Waals surface area (Å²) in [5.41, 5.74) is 4.30. The van der Waals surface area contributed by atoms with Crippen molar-refractivity contribution in [3.63, 3.8) is 0 Å². The zero-order valence-corrected chi connectivity index (χ0v) is 16.7. The summed E-state index contributed by atoms with van der Waals surface area (Å²) in [6, 6.07) is 17.0. The van der Waals surface area contributed by atoms with Gasteiger partial charge in [-0.3, -0.25) is 9.97 Å². The Morgan fingerprint density at radius 2 is 1.90 bits per heavy atom. The van der Waals surface area contributed by atoms with Crippen molar-refractivity contribution in [1.29, 1.82) is 0 Å². The number of fused-ring (bicyclic) bond motifs is 1. The van der Waals surface area contributed by atoms with Gasteiger partial charge in [-0.2, -0.15) is 0 Å². The predicted molar refractivity (Wildman–Crippen MR) is 121 cm³/mol. The first kappa shape index (κ1) is 18.7. The molecule has 0 unspecified atom stereocenters. The first-order chi connectivity index (χ1) is 15.3. The maximum Gasteiger partial charge on any atom is 0.180 e. The molecular formula is C24H20N6O.